The molecule has 1 atom stereocenters. The fourth-order valence-corrected chi connectivity index (χ4v) is 5.50. The van der Waals surface area contributed by atoms with Crippen molar-refractivity contribution in [2.75, 3.05) is 18.6 Å². The number of carbonyl (C=O) groups excluding carboxylic acids is 1. The maximum absolute atomic E-state index is 15.9. The molecule has 0 aliphatic heterocycles. The highest BCUT2D eigenvalue weighted by Gasteiger charge is 2.35. The van der Waals surface area contributed by atoms with Crippen LogP contribution in [-0.4, -0.2) is 29.8 Å². The summed E-state index contributed by atoms with van der Waals surface area (Å²) in [6.45, 7) is 0.839. The molecule has 45 heavy (non-hydrogen) atoms. The van der Waals surface area contributed by atoms with Crippen LogP contribution in [0.1, 0.15) is 51.8 Å². The van der Waals surface area contributed by atoms with E-state index in [4.69, 9.17) is 10.5 Å². The van der Waals surface area contributed by atoms with Crippen molar-refractivity contribution in [1.29, 1.82) is 0 Å². The Balaban J connectivity index is 1.52. The molecule has 1 aromatic heterocycles. The minimum absolute atomic E-state index is 0.132. The van der Waals surface area contributed by atoms with Crippen molar-refractivity contribution in [2.24, 2.45) is 11.7 Å². The number of anilines is 2. The summed E-state index contributed by atoms with van der Waals surface area (Å²) in [6.07, 6.45) is -2.55. The zero-order chi connectivity index (χ0) is 31.7. The highest BCUT2D eigenvalue weighted by atomic mass is 19.4. The zero-order valence-corrected chi connectivity index (χ0v) is 24.4. The van der Waals surface area contributed by atoms with Crippen molar-refractivity contribution in [1.82, 2.24) is 15.5 Å². The van der Waals surface area contributed by atoms with Gasteiger partial charge in [-0.3, -0.25) is 14.8 Å². The van der Waals surface area contributed by atoms with Crippen LogP contribution in [0.5, 0.6) is 5.75 Å². The Morgan fingerprint density at radius 1 is 1.07 bits per heavy atom. The topological polar surface area (TPSA) is 96.3 Å². The molecule has 6 rings (SSSR count). The summed E-state index contributed by atoms with van der Waals surface area (Å²) in [7, 11) is 1.59. The maximum atomic E-state index is 15.9. The van der Waals surface area contributed by atoms with Crippen LogP contribution >= 0.6 is 0 Å². The normalized spacial score (nSPS) is 14.0. The molecule has 1 amide bonds. The summed E-state index contributed by atoms with van der Waals surface area (Å²) in [6, 6.07) is 22.9. The monoisotopic (exact) mass is 617 g/mol. The molecule has 0 bridgehead atoms. The first kappa shape index (κ1) is 30.3. The fourth-order valence-electron chi connectivity index (χ4n) is 5.50. The second kappa shape index (κ2) is 12.3. The third-order valence-corrected chi connectivity index (χ3v) is 8.00. The minimum atomic E-state index is -4.75. The number of aromatic nitrogens is 2. The number of hydrogen-bond acceptors (Lipinski definition) is 5. The molecule has 1 aliphatic rings. The van der Waals surface area contributed by atoms with Gasteiger partial charge in [-0.05, 0) is 77.5 Å². The van der Waals surface area contributed by atoms with Crippen LogP contribution in [0.15, 0.2) is 84.9 Å². The number of methoxy groups -OCH3 is 1. The van der Waals surface area contributed by atoms with Crippen LogP contribution < -0.4 is 20.7 Å². The number of fused-ring (bicyclic) bond motifs is 1. The molecule has 11 heteroatoms. The number of alkyl halides is 3. The van der Waals surface area contributed by atoms with E-state index in [0.717, 1.165) is 34.1 Å². The number of carbonyl (C=O) groups is 1. The largest absolute Gasteiger partial charge is 0.496 e. The predicted molar refractivity (Wildman–Crippen MR) is 164 cm³/mol. The van der Waals surface area contributed by atoms with Crippen LogP contribution in [0.4, 0.5) is 28.9 Å². The van der Waals surface area contributed by atoms with Gasteiger partial charge in [-0.15, -0.1) is 0 Å². The van der Waals surface area contributed by atoms with E-state index in [1.807, 2.05) is 41.5 Å². The molecule has 4 aromatic carbocycles. The number of halogens is 4. The van der Waals surface area contributed by atoms with Gasteiger partial charge in [0.15, 0.2) is 5.69 Å². The number of nitrogens with zero attached hydrogens (tertiary/aromatic N) is 2. The number of aromatic amines is 1. The fraction of sp³-hybridized carbons (Fsp3) is 0.235. The van der Waals surface area contributed by atoms with Crippen molar-refractivity contribution in [3.8, 4) is 5.75 Å². The highest BCUT2D eigenvalue weighted by Crippen LogP contribution is 2.40. The second-order valence-corrected chi connectivity index (χ2v) is 11.1. The number of H-pyrrole nitrogens is 1. The third-order valence-electron chi connectivity index (χ3n) is 8.00. The van der Waals surface area contributed by atoms with Gasteiger partial charge in [0.1, 0.15) is 17.3 Å². The average Bonchev–Trinajstić information content (AvgIpc) is 3.73. The minimum Gasteiger partial charge on any atom is -0.496 e. The van der Waals surface area contributed by atoms with Gasteiger partial charge in [-0.25, -0.2) is 4.39 Å². The first-order valence-corrected chi connectivity index (χ1v) is 14.5. The number of ether oxygens (including phenoxy) is 1. The van der Waals surface area contributed by atoms with Gasteiger partial charge in [-0.2, -0.15) is 18.3 Å². The molecule has 4 N–H and O–H groups in total. The highest BCUT2D eigenvalue weighted by molar-refractivity contribution is 6.10. The van der Waals surface area contributed by atoms with Gasteiger partial charge in [0.05, 0.1) is 18.8 Å². The van der Waals surface area contributed by atoms with Crippen LogP contribution in [0, 0.1) is 11.7 Å². The second-order valence-electron chi connectivity index (χ2n) is 11.1. The molecule has 232 valence electrons. The van der Waals surface area contributed by atoms with Gasteiger partial charge in [-0.1, -0.05) is 48.5 Å². The molecule has 1 aliphatic carbocycles. The molecule has 0 spiro atoms. The number of benzene rings is 4. The molecule has 0 radical (unpaired) electrons. The van der Waals surface area contributed by atoms with E-state index in [-0.39, 0.29) is 17.9 Å². The summed E-state index contributed by atoms with van der Waals surface area (Å²) in [5, 5.41) is 11.1. The smallest absolute Gasteiger partial charge is 0.432 e. The van der Waals surface area contributed by atoms with Gasteiger partial charge >= 0.3 is 6.18 Å². The first-order chi connectivity index (χ1) is 21.7. The van der Waals surface area contributed by atoms with Crippen molar-refractivity contribution in [3.63, 3.8) is 0 Å². The summed E-state index contributed by atoms with van der Waals surface area (Å²) in [5.74, 6) is -0.555. The van der Waals surface area contributed by atoms with Crippen LogP contribution in [0.3, 0.4) is 0 Å². The first-order valence-electron chi connectivity index (χ1n) is 14.5. The Labute approximate surface area is 257 Å². The number of amides is 1. The summed E-state index contributed by atoms with van der Waals surface area (Å²) in [5.41, 5.74) is 6.33. The number of hydrogen-bond donors (Lipinski definition) is 3. The predicted octanol–water partition coefficient (Wildman–Crippen LogP) is 7.26. The number of rotatable bonds is 10. The molecule has 1 unspecified atom stereocenters. The molecular formula is C34H31F4N5O2. The van der Waals surface area contributed by atoms with E-state index in [0.29, 0.717) is 35.4 Å². The number of nitrogens with one attached hydrogen (secondary N) is 2. The average molecular weight is 618 g/mol. The van der Waals surface area contributed by atoms with E-state index >= 15 is 4.39 Å². The van der Waals surface area contributed by atoms with Crippen LogP contribution in [0.2, 0.25) is 0 Å². The summed E-state index contributed by atoms with van der Waals surface area (Å²) < 4.78 is 61.9. The molecule has 5 aromatic rings. The Kier molecular flexibility index (Phi) is 8.30. The molecular weight excluding hydrogens is 586 g/mol. The lowest BCUT2D eigenvalue weighted by molar-refractivity contribution is -0.141. The summed E-state index contributed by atoms with van der Waals surface area (Å²) in [4.78, 5) is 15.0. The molecule has 7 nitrogen and oxygen atoms in total. The maximum Gasteiger partial charge on any atom is 0.432 e. The van der Waals surface area contributed by atoms with Crippen molar-refractivity contribution in [3.05, 3.63) is 119 Å². The van der Waals surface area contributed by atoms with Gasteiger partial charge in [0.2, 0.25) is 0 Å². The Morgan fingerprint density at radius 2 is 1.87 bits per heavy atom. The van der Waals surface area contributed by atoms with Gasteiger partial charge in [0, 0.05) is 23.9 Å². The zero-order valence-electron chi connectivity index (χ0n) is 24.4. The van der Waals surface area contributed by atoms with Crippen LogP contribution in [0.25, 0.3) is 10.8 Å². The molecule has 1 heterocycles. The van der Waals surface area contributed by atoms with E-state index < -0.39 is 35.3 Å². The SMILES string of the molecule is COc1ccc2ccccc2c1C(NCC1CC1)c1ccc(F)c(N(C(=O)c2cc(C(F)(F)F)[nH]n2)c2cccc(CN)c2)c1. The van der Waals surface area contributed by atoms with Crippen molar-refractivity contribution >= 4 is 28.1 Å². The standard InChI is InChI=1S/C34H31F4N5O2/c1-45-29-14-12-22-6-2-3-8-25(22)31(29)32(40-19-20-9-10-20)23-11-13-26(35)28(16-23)43(24-7-4-5-21(15-24)18-39)33(44)27-17-30(42-41-27)34(36,37)38/h2-8,11-17,20,32,40H,9-10,18-19,39H2,1H3,(H,41,42). The molecule has 1 fully saturated rings. The van der Waals surface area contributed by atoms with E-state index in [9.17, 15) is 18.0 Å². The van der Waals surface area contributed by atoms with Crippen molar-refractivity contribution in [2.45, 2.75) is 31.6 Å². The Bertz CT molecular complexity index is 1850. The quantitative estimate of drug-likeness (QED) is 0.144. The van der Waals surface area contributed by atoms with Crippen molar-refractivity contribution < 1.29 is 27.1 Å². The lowest BCUT2D eigenvalue weighted by atomic mass is 9.92. The molecule has 1 saturated carbocycles. The lowest BCUT2D eigenvalue weighted by Crippen LogP contribution is -2.29. The summed E-state index contributed by atoms with van der Waals surface area (Å²) >= 11 is 0. The van der Waals surface area contributed by atoms with E-state index in [1.165, 1.54) is 6.07 Å². The van der Waals surface area contributed by atoms with E-state index in [1.54, 1.807) is 43.5 Å². The van der Waals surface area contributed by atoms with Gasteiger partial charge in [0.25, 0.3) is 5.91 Å². The van der Waals surface area contributed by atoms with E-state index in [2.05, 4.69) is 10.4 Å². The number of nitrogens with two attached hydrogens (primary N) is 1. The Hall–Kier alpha value is -4.74. The van der Waals surface area contributed by atoms with Crippen LogP contribution in [-0.2, 0) is 12.7 Å². The van der Waals surface area contributed by atoms with Gasteiger partial charge < -0.3 is 15.8 Å². The lowest BCUT2D eigenvalue weighted by Gasteiger charge is -2.27. The third kappa shape index (κ3) is 6.27. The molecule has 0 saturated heterocycles. The Morgan fingerprint density at radius 3 is 2.58 bits per heavy atom.